The number of nitrogens with one attached hydrogen (secondary N) is 1. The van der Waals surface area contributed by atoms with Crippen LogP contribution < -0.4 is 0 Å². The minimum atomic E-state index is -0.542. The van der Waals surface area contributed by atoms with Crippen LogP contribution in [0.4, 0.5) is 8.78 Å². The minimum absolute atomic E-state index is 0.183. The Hall–Kier alpha value is -2.32. The van der Waals surface area contributed by atoms with Crippen LogP contribution in [0.5, 0.6) is 5.88 Å². The maximum atomic E-state index is 13.2. The van der Waals surface area contributed by atoms with Crippen LogP contribution in [-0.4, -0.2) is 21.7 Å². The highest BCUT2D eigenvalue weighted by molar-refractivity contribution is 7.13. The number of H-pyrrole nitrogens is 1. The molecule has 0 saturated heterocycles. The number of halogens is 2. The summed E-state index contributed by atoms with van der Waals surface area (Å²) in [4.78, 5) is 19.7. The molecule has 0 saturated carbocycles. The molecular formula is C14H6F2N2O2S2. The predicted octanol–water partition coefficient (Wildman–Crippen LogP) is 3.78. The number of aromatic hydroxyl groups is 1. The molecule has 1 aliphatic heterocycles. The van der Waals surface area contributed by atoms with Crippen molar-refractivity contribution in [3.8, 4) is 16.5 Å². The van der Waals surface area contributed by atoms with Crippen molar-refractivity contribution in [1.29, 1.82) is 0 Å². The number of amides is 1. The summed E-state index contributed by atoms with van der Waals surface area (Å²) < 4.78 is 26.4. The molecule has 3 aromatic rings. The van der Waals surface area contributed by atoms with E-state index in [4.69, 9.17) is 0 Å². The lowest BCUT2D eigenvalue weighted by molar-refractivity contribution is 0.101. The van der Waals surface area contributed by atoms with Gasteiger partial charge in [-0.2, -0.15) is 0 Å². The van der Waals surface area contributed by atoms with E-state index in [9.17, 15) is 18.7 Å². The average molecular weight is 336 g/mol. The summed E-state index contributed by atoms with van der Waals surface area (Å²) in [6.07, 6.45) is 0. The van der Waals surface area contributed by atoms with Gasteiger partial charge in [0.05, 0.1) is 32.3 Å². The molecule has 4 rings (SSSR count). The number of aromatic amines is 1. The molecule has 3 aromatic heterocycles. The van der Waals surface area contributed by atoms with Crippen LogP contribution in [0.2, 0.25) is 0 Å². The third kappa shape index (κ3) is 1.84. The van der Waals surface area contributed by atoms with E-state index in [1.54, 1.807) is 0 Å². The summed E-state index contributed by atoms with van der Waals surface area (Å²) in [5, 5.41) is 12.7. The highest BCUT2D eigenvalue weighted by atomic mass is 32.1. The van der Waals surface area contributed by atoms with Crippen molar-refractivity contribution in [2.45, 2.75) is 0 Å². The molecular weight excluding hydrogens is 330 g/mol. The van der Waals surface area contributed by atoms with Gasteiger partial charge in [0.1, 0.15) is 11.6 Å². The minimum Gasteiger partial charge on any atom is -0.494 e. The first-order valence-corrected chi connectivity index (χ1v) is 7.87. The monoisotopic (exact) mass is 336 g/mol. The molecule has 4 heterocycles. The van der Waals surface area contributed by atoms with Gasteiger partial charge in [0.25, 0.3) is 5.91 Å². The van der Waals surface area contributed by atoms with Crippen LogP contribution in [0.15, 0.2) is 27.9 Å². The Morgan fingerprint density at radius 1 is 1.05 bits per heavy atom. The number of thiophene rings is 2. The van der Waals surface area contributed by atoms with E-state index < -0.39 is 17.5 Å². The molecule has 8 heteroatoms. The Morgan fingerprint density at radius 2 is 1.68 bits per heavy atom. The van der Waals surface area contributed by atoms with Crippen LogP contribution in [-0.2, 0) is 0 Å². The molecule has 0 radical (unpaired) electrons. The fourth-order valence-electron chi connectivity index (χ4n) is 2.39. The maximum Gasteiger partial charge on any atom is 0.280 e. The molecule has 0 aromatic carbocycles. The Bertz CT molecular complexity index is 952. The van der Waals surface area contributed by atoms with Gasteiger partial charge in [-0.1, -0.05) is 0 Å². The van der Waals surface area contributed by atoms with Crippen molar-refractivity contribution < 1.29 is 18.7 Å². The van der Waals surface area contributed by atoms with Gasteiger partial charge in [-0.3, -0.25) is 4.79 Å². The van der Waals surface area contributed by atoms with Crippen LogP contribution in [0.1, 0.15) is 20.8 Å². The van der Waals surface area contributed by atoms with E-state index in [2.05, 4.69) is 9.98 Å². The zero-order chi connectivity index (χ0) is 15.4. The van der Waals surface area contributed by atoms with Crippen molar-refractivity contribution in [2.75, 3.05) is 0 Å². The fraction of sp³-hybridized carbons (Fsp3) is 0. The Morgan fingerprint density at radius 3 is 2.27 bits per heavy atom. The maximum absolute atomic E-state index is 13.2. The third-order valence-electron chi connectivity index (χ3n) is 3.26. The number of hydrogen-bond donors (Lipinski definition) is 2. The van der Waals surface area contributed by atoms with Crippen LogP contribution in [0, 0.1) is 11.6 Å². The topological polar surface area (TPSA) is 65.4 Å². The van der Waals surface area contributed by atoms with E-state index in [1.807, 2.05) is 0 Å². The van der Waals surface area contributed by atoms with Crippen LogP contribution >= 0.6 is 22.7 Å². The number of rotatable bonds is 2. The third-order valence-corrected chi connectivity index (χ3v) is 5.09. The van der Waals surface area contributed by atoms with Gasteiger partial charge in [-0.15, -0.1) is 22.7 Å². The highest BCUT2D eigenvalue weighted by Crippen LogP contribution is 2.40. The van der Waals surface area contributed by atoms with E-state index in [-0.39, 0.29) is 22.7 Å². The van der Waals surface area contributed by atoms with Crippen LogP contribution in [0.25, 0.3) is 10.6 Å². The second kappa shape index (κ2) is 4.59. The van der Waals surface area contributed by atoms with Gasteiger partial charge in [-0.25, -0.2) is 13.8 Å². The number of carbonyl (C=O) groups is 1. The fourth-order valence-corrected chi connectivity index (χ4v) is 3.90. The first-order valence-electron chi connectivity index (χ1n) is 6.11. The second-order valence-corrected chi connectivity index (χ2v) is 6.44. The first-order chi connectivity index (χ1) is 10.5. The summed E-state index contributed by atoms with van der Waals surface area (Å²) in [6.45, 7) is 0. The number of nitrogens with zero attached hydrogens (tertiary/aromatic N) is 1. The predicted molar refractivity (Wildman–Crippen MR) is 80.0 cm³/mol. The molecule has 0 unspecified atom stereocenters. The highest BCUT2D eigenvalue weighted by Gasteiger charge is 2.34. The molecule has 1 aliphatic rings. The average Bonchev–Trinajstić information content (AvgIpc) is 3.19. The summed E-state index contributed by atoms with van der Waals surface area (Å²) in [6, 6.07) is 2.52. The van der Waals surface area contributed by atoms with E-state index >= 15 is 0 Å². The van der Waals surface area contributed by atoms with Gasteiger partial charge in [-0.05, 0) is 12.1 Å². The number of hydrogen-bond acceptors (Lipinski definition) is 4. The number of fused-ring (bicyclic) bond motifs is 1. The molecule has 0 bridgehead atoms. The lowest BCUT2D eigenvalue weighted by Crippen LogP contribution is -1.96. The lowest BCUT2D eigenvalue weighted by Gasteiger charge is -1.96. The van der Waals surface area contributed by atoms with Gasteiger partial charge in [0.15, 0.2) is 5.88 Å². The van der Waals surface area contributed by atoms with E-state index in [0.29, 0.717) is 15.4 Å². The second-order valence-electron chi connectivity index (χ2n) is 4.62. The molecule has 1 amide bonds. The zero-order valence-corrected chi connectivity index (χ0v) is 12.3. The molecule has 0 aliphatic carbocycles. The molecule has 4 nitrogen and oxygen atoms in total. The number of aliphatic imine (C=N–C) groups is 1. The SMILES string of the molecule is O=C1N=C(c2cc(F)cs2)c2c(O)[nH]c(-c3cc(F)cs3)c21. The molecule has 110 valence electrons. The normalized spacial score (nSPS) is 13.5. The molecule has 0 fully saturated rings. The first kappa shape index (κ1) is 13.4. The van der Waals surface area contributed by atoms with Crippen molar-refractivity contribution in [1.82, 2.24) is 4.98 Å². The Labute approximate surface area is 130 Å². The molecule has 22 heavy (non-hydrogen) atoms. The number of aromatic nitrogens is 1. The molecule has 2 N–H and O–H groups in total. The van der Waals surface area contributed by atoms with E-state index in [1.165, 1.54) is 22.9 Å². The lowest BCUT2D eigenvalue weighted by atomic mass is 10.1. The van der Waals surface area contributed by atoms with Crippen molar-refractivity contribution in [3.05, 3.63) is 50.5 Å². The summed E-state index contributed by atoms with van der Waals surface area (Å²) in [5.74, 6) is -1.63. The van der Waals surface area contributed by atoms with Crippen LogP contribution in [0.3, 0.4) is 0 Å². The Kier molecular flexibility index (Phi) is 2.78. The smallest absolute Gasteiger partial charge is 0.280 e. The van der Waals surface area contributed by atoms with Gasteiger partial charge >= 0.3 is 0 Å². The summed E-state index contributed by atoms with van der Waals surface area (Å²) >= 11 is 2.20. The van der Waals surface area contributed by atoms with Gasteiger partial charge in [0.2, 0.25) is 0 Å². The molecule has 0 spiro atoms. The van der Waals surface area contributed by atoms with Crippen molar-refractivity contribution in [2.24, 2.45) is 4.99 Å². The van der Waals surface area contributed by atoms with E-state index in [0.717, 1.165) is 22.7 Å². The summed E-state index contributed by atoms with van der Waals surface area (Å²) in [5.41, 5.74) is 0.965. The van der Waals surface area contributed by atoms with Crippen molar-refractivity contribution in [3.63, 3.8) is 0 Å². The van der Waals surface area contributed by atoms with Crippen molar-refractivity contribution >= 4 is 34.3 Å². The zero-order valence-electron chi connectivity index (χ0n) is 10.7. The van der Waals surface area contributed by atoms with Gasteiger partial charge in [0, 0.05) is 10.8 Å². The van der Waals surface area contributed by atoms with Gasteiger partial charge < -0.3 is 10.1 Å². The quantitative estimate of drug-likeness (QED) is 0.748. The number of carbonyl (C=O) groups excluding carboxylic acids is 1. The standard InChI is InChI=1S/C14H6F2N2O2S2/c15-5-1-7(21-3-5)11-9-10(14(20)17-11)12(18-13(9)19)8-2-6(16)4-22-8/h1-4,17,20H. The summed E-state index contributed by atoms with van der Waals surface area (Å²) in [7, 11) is 0. The molecule has 0 atom stereocenters. The Balaban J connectivity index is 1.91. The largest absolute Gasteiger partial charge is 0.494 e.